The summed E-state index contributed by atoms with van der Waals surface area (Å²) in [6.45, 7) is 2.22. The van der Waals surface area contributed by atoms with Crippen LogP contribution in [-0.2, 0) is 0 Å². The summed E-state index contributed by atoms with van der Waals surface area (Å²) in [6.07, 6.45) is 4.05. The van der Waals surface area contributed by atoms with E-state index in [9.17, 15) is 0 Å². The van der Waals surface area contributed by atoms with Crippen molar-refractivity contribution in [2.24, 2.45) is 0 Å². The van der Waals surface area contributed by atoms with Gasteiger partial charge in [-0.3, -0.25) is 0 Å². The molecular weight excluding hydrogens is 224 g/mol. The molecule has 2 unspecified atom stereocenters. The summed E-state index contributed by atoms with van der Waals surface area (Å²) in [4.78, 5) is 0.702. The molecule has 1 fully saturated rings. The highest BCUT2D eigenvalue weighted by Crippen LogP contribution is 2.40. The van der Waals surface area contributed by atoms with E-state index in [0.29, 0.717) is 4.83 Å². The van der Waals surface area contributed by atoms with Gasteiger partial charge in [0, 0.05) is 4.83 Å². The molecule has 0 spiro atoms. The van der Waals surface area contributed by atoms with Crippen molar-refractivity contribution in [2.45, 2.75) is 36.9 Å². The van der Waals surface area contributed by atoms with Crippen LogP contribution >= 0.6 is 15.9 Å². The van der Waals surface area contributed by atoms with Crippen LogP contribution in [0.2, 0.25) is 0 Å². The lowest BCUT2D eigenvalue weighted by molar-refractivity contribution is 0.737. The van der Waals surface area contributed by atoms with Crippen LogP contribution < -0.4 is 0 Å². The van der Waals surface area contributed by atoms with Crippen molar-refractivity contribution in [1.29, 1.82) is 0 Å². The Morgan fingerprint density at radius 1 is 1.23 bits per heavy atom. The summed E-state index contributed by atoms with van der Waals surface area (Å²) >= 11 is 3.78. The predicted molar refractivity (Wildman–Crippen MR) is 60.5 cm³/mol. The van der Waals surface area contributed by atoms with Crippen LogP contribution in [0.25, 0.3) is 0 Å². The minimum atomic E-state index is 0.702. The number of hydrogen-bond donors (Lipinski definition) is 0. The molecule has 1 aromatic carbocycles. The second-order valence-corrected chi connectivity index (χ2v) is 5.09. The summed E-state index contributed by atoms with van der Waals surface area (Å²) in [5, 5.41) is 0. The summed E-state index contributed by atoms with van der Waals surface area (Å²) in [5.41, 5.74) is 2.99. The molecule has 0 bridgehead atoms. The fraction of sp³-hybridized carbons (Fsp3) is 0.500. The summed E-state index contributed by atoms with van der Waals surface area (Å²) in [6, 6.07) is 8.77. The van der Waals surface area contributed by atoms with Gasteiger partial charge in [-0.05, 0) is 36.8 Å². The third kappa shape index (κ3) is 1.80. The lowest BCUT2D eigenvalue weighted by atomic mass is 9.94. The first kappa shape index (κ1) is 9.26. The highest BCUT2D eigenvalue weighted by molar-refractivity contribution is 9.09. The van der Waals surface area contributed by atoms with Crippen molar-refractivity contribution in [3.63, 3.8) is 0 Å². The molecule has 0 saturated heterocycles. The first-order valence-corrected chi connectivity index (χ1v) is 5.90. The van der Waals surface area contributed by atoms with Gasteiger partial charge in [-0.25, -0.2) is 0 Å². The highest BCUT2D eigenvalue weighted by Gasteiger charge is 2.26. The molecule has 1 heteroatoms. The highest BCUT2D eigenvalue weighted by atomic mass is 79.9. The van der Waals surface area contributed by atoms with Gasteiger partial charge >= 0.3 is 0 Å². The van der Waals surface area contributed by atoms with Crippen molar-refractivity contribution < 1.29 is 0 Å². The van der Waals surface area contributed by atoms with E-state index < -0.39 is 0 Å². The van der Waals surface area contributed by atoms with Crippen molar-refractivity contribution in [1.82, 2.24) is 0 Å². The normalized spacial score (nSPS) is 27.8. The van der Waals surface area contributed by atoms with Crippen LogP contribution in [0.15, 0.2) is 24.3 Å². The molecule has 0 heterocycles. The number of alkyl halides is 1. The molecule has 0 radical (unpaired) electrons. The molecule has 0 N–H and O–H groups in total. The number of aryl methyl sites for hydroxylation is 1. The molecular formula is C12H15Br. The molecule has 0 aromatic heterocycles. The van der Waals surface area contributed by atoms with Crippen LogP contribution in [0.4, 0.5) is 0 Å². The van der Waals surface area contributed by atoms with Gasteiger partial charge in [-0.2, -0.15) is 0 Å². The van der Waals surface area contributed by atoms with Gasteiger partial charge in [0.1, 0.15) is 0 Å². The molecule has 0 amide bonds. The maximum atomic E-state index is 3.78. The Morgan fingerprint density at radius 3 is 2.62 bits per heavy atom. The lowest BCUT2D eigenvalue weighted by Gasteiger charge is -2.16. The van der Waals surface area contributed by atoms with Gasteiger partial charge in [-0.1, -0.05) is 46.6 Å². The second kappa shape index (κ2) is 3.83. The van der Waals surface area contributed by atoms with E-state index in [0.717, 1.165) is 5.92 Å². The molecule has 13 heavy (non-hydrogen) atoms. The molecule has 1 saturated carbocycles. The largest absolute Gasteiger partial charge is 0.0884 e. The Bertz CT molecular complexity index is 293. The zero-order chi connectivity index (χ0) is 9.26. The monoisotopic (exact) mass is 238 g/mol. The van der Waals surface area contributed by atoms with E-state index in [1.807, 2.05) is 0 Å². The zero-order valence-corrected chi connectivity index (χ0v) is 9.55. The first-order valence-electron chi connectivity index (χ1n) is 4.98. The van der Waals surface area contributed by atoms with Gasteiger partial charge in [0.05, 0.1) is 0 Å². The van der Waals surface area contributed by atoms with Crippen LogP contribution in [0.1, 0.15) is 36.3 Å². The molecule has 2 rings (SSSR count). The Labute approximate surface area is 88.5 Å². The van der Waals surface area contributed by atoms with Gasteiger partial charge in [0.2, 0.25) is 0 Å². The SMILES string of the molecule is Cc1ccccc1C1CCCC1Br. The fourth-order valence-electron chi connectivity index (χ4n) is 2.27. The van der Waals surface area contributed by atoms with Crippen LogP contribution in [0.5, 0.6) is 0 Å². The van der Waals surface area contributed by atoms with Crippen molar-refractivity contribution in [3.8, 4) is 0 Å². The topological polar surface area (TPSA) is 0 Å². The predicted octanol–water partition coefficient (Wildman–Crippen LogP) is 4.03. The summed E-state index contributed by atoms with van der Waals surface area (Å²) in [5.74, 6) is 0.751. The van der Waals surface area contributed by atoms with E-state index in [-0.39, 0.29) is 0 Å². The summed E-state index contributed by atoms with van der Waals surface area (Å²) < 4.78 is 0. The minimum absolute atomic E-state index is 0.702. The van der Waals surface area contributed by atoms with Gasteiger partial charge in [0.15, 0.2) is 0 Å². The van der Waals surface area contributed by atoms with Crippen LogP contribution in [0, 0.1) is 6.92 Å². The maximum absolute atomic E-state index is 3.78. The van der Waals surface area contributed by atoms with Gasteiger partial charge in [-0.15, -0.1) is 0 Å². The number of rotatable bonds is 1. The van der Waals surface area contributed by atoms with E-state index in [2.05, 4.69) is 47.1 Å². The zero-order valence-electron chi connectivity index (χ0n) is 7.96. The molecule has 1 aliphatic rings. The van der Waals surface area contributed by atoms with Gasteiger partial charge in [0.25, 0.3) is 0 Å². The van der Waals surface area contributed by atoms with Crippen LogP contribution in [0.3, 0.4) is 0 Å². The fourth-order valence-corrected chi connectivity index (χ4v) is 3.14. The minimum Gasteiger partial charge on any atom is -0.0884 e. The van der Waals surface area contributed by atoms with E-state index >= 15 is 0 Å². The van der Waals surface area contributed by atoms with E-state index in [1.54, 1.807) is 5.56 Å². The Balaban J connectivity index is 2.29. The van der Waals surface area contributed by atoms with Crippen molar-refractivity contribution in [3.05, 3.63) is 35.4 Å². The molecule has 1 aliphatic carbocycles. The molecule has 2 atom stereocenters. The molecule has 1 aromatic rings. The summed E-state index contributed by atoms with van der Waals surface area (Å²) in [7, 11) is 0. The first-order chi connectivity index (χ1) is 6.29. The average Bonchev–Trinajstić information content (AvgIpc) is 2.52. The third-order valence-electron chi connectivity index (χ3n) is 3.02. The Morgan fingerprint density at radius 2 is 2.00 bits per heavy atom. The maximum Gasteiger partial charge on any atom is 0.0214 e. The van der Waals surface area contributed by atoms with Crippen LogP contribution in [-0.4, -0.2) is 4.83 Å². The standard InChI is InChI=1S/C12H15Br/c1-9-5-2-3-6-10(9)11-7-4-8-12(11)13/h2-3,5-6,11-12H,4,7-8H2,1H3. The molecule has 70 valence electrons. The quantitative estimate of drug-likeness (QED) is 0.649. The number of hydrogen-bond acceptors (Lipinski definition) is 0. The molecule has 0 nitrogen and oxygen atoms in total. The van der Waals surface area contributed by atoms with E-state index in [1.165, 1.54) is 24.8 Å². The second-order valence-electron chi connectivity index (χ2n) is 3.91. The Kier molecular flexibility index (Phi) is 2.73. The lowest BCUT2D eigenvalue weighted by Crippen LogP contribution is -2.05. The van der Waals surface area contributed by atoms with E-state index in [4.69, 9.17) is 0 Å². The molecule has 0 aliphatic heterocycles. The van der Waals surface area contributed by atoms with Crippen molar-refractivity contribution in [2.75, 3.05) is 0 Å². The third-order valence-corrected chi connectivity index (χ3v) is 4.12. The smallest absolute Gasteiger partial charge is 0.0214 e. The van der Waals surface area contributed by atoms with Gasteiger partial charge < -0.3 is 0 Å². The number of benzene rings is 1. The van der Waals surface area contributed by atoms with Crippen molar-refractivity contribution >= 4 is 15.9 Å². The number of halogens is 1. The average molecular weight is 239 g/mol. The Hall–Kier alpha value is -0.300.